The minimum atomic E-state index is -2.62. The summed E-state index contributed by atoms with van der Waals surface area (Å²) in [7, 11) is -0.258. The number of hydrogen-bond donors (Lipinski definition) is 0. The third-order valence-electron chi connectivity index (χ3n) is 9.18. The second-order valence-corrected chi connectivity index (χ2v) is 16.5. The third-order valence-corrected chi connectivity index (χ3v) is 14.2. The molecule has 0 aromatic heterocycles. The van der Waals surface area contributed by atoms with Crippen LogP contribution in [0.2, 0.25) is 5.04 Å². The van der Waals surface area contributed by atoms with Gasteiger partial charge in [0.25, 0.3) is 8.32 Å². The van der Waals surface area contributed by atoms with Gasteiger partial charge < -0.3 is 4.43 Å². The Balaban J connectivity index is 1.46. The molecule has 3 aromatic carbocycles. The van der Waals surface area contributed by atoms with Gasteiger partial charge in [0, 0.05) is 25.2 Å². The number of likely N-dealkylation sites (tertiary alicyclic amines) is 1. The van der Waals surface area contributed by atoms with Crippen molar-refractivity contribution < 1.29 is 4.43 Å². The highest BCUT2D eigenvalue weighted by Crippen LogP contribution is 2.49. The second kappa shape index (κ2) is 9.25. The van der Waals surface area contributed by atoms with Gasteiger partial charge in [0.15, 0.2) is 0 Å². The molecule has 6 rings (SSSR count). The van der Waals surface area contributed by atoms with Gasteiger partial charge in [0.1, 0.15) is 0 Å². The highest BCUT2D eigenvalue weighted by atomic mass is 28.4. The van der Waals surface area contributed by atoms with E-state index < -0.39 is 8.32 Å². The van der Waals surface area contributed by atoms with Crippen molar-refractivity contribution in [3.8, 4) is 0 Å². The number of rotatable bonds is 6. The van der Waals surface area contributed by atoms with Crippen molar-refractivity contribution >= 4 is 18.7 Å². The maximum Gasteiger partial charge on any atom is 0.261 e. The molecule has 3 aromatic rings. The van der Waals surface area contributed by atoms with Gasteiger partial charge in [-0.15, -0.1) is 0 Å². The third kappa shape index (κ3) is 3.90. The van der Waals surface area contributed by atoms with Gasteiger partial charge in [-0.1, -0.05) is 112 Å². The monoisotopic (exact) mass is 496 g/mol. The fourth-order valence-electron chi connectivity index (χ4n) is 7.64. The topological polar surface area (TPSA) is 15.7 Å². The Bertz CT molecular complexity index is 1120. The summed E-state index contributed by atoms with van der Waals surface area (Å²) >= 11 is 0. The van der Waals surface area contributed by atoms with E-state index in [0.29, 0.717) is 18.1 Å². The lowest BCUT2D eigenvalue weighted by atomic mass is 9.86. The van der Waals surface area contributed by atoms with Crippen molar-refractivity contribution in [2.45, 2.75) is 69.4 Å². The zero-order chi connectivity index (χ0) is 24.9. The van der Waals surface area contributed by atoms with Crippen LogP contribution in [0.5, 0.6) is 0 Å². The van der Waals surface area contributed by atoms with Crippen molar-refractivity contribution in [3.05, 3.63) is 96.6 Å². The molecule has 0 saturated carbocycles. The van der Waals surface area contributed by atoms with E-state index in [1.54, 1.807) is 0 Å². The first-order valence-corrected chi connectivity index (χ1v) is 15.6. The van der Waals surface area contributed by atoms with Crippen LogP contribution in [0.4, 0.5) is 0 Å². The number of fused-ring (bicyclic) bond motifs is 2. The summed E-state index contributed by atoms with van der Waals surface area (Å²) in [6.07, 6.45) is 2.77. The van der Waals surface area contributed by atoms with E-state index in [9.17, 15) is 0 Å². The number of likely N-dealkylation sites (N-methyl/N-ethyl adjacent to an activating group) is 1. The summed E-state index contributed by atoms with van der Waals surface area (Å²) in [4.78, 5) is 5.46. The molecule has 5 atom stereocenters. The molecule has 0 N–H and O–H groups in total. The van der Waals surface area contributed by atoms with Gasteiger partial charge in [-0.05, 0) is 46.8 Å². The van der Waals surface area contributed by atoms with E-state index in [2.05, 4.69) is 129 Å². The van der Waals surface area contributed by atoms with Crippen LogP contribution in [0, 0.1) is 5.92 Å². The van der Waals surface area contributed by atoms with Gasteiger partial charge in [0.2, 0.25) is 0 Å². The van der Waals surface area contributed by atoms with Crippen LogP contribution >= 0.6 is 0 Å². The fourth-order valence-corrected chi connectivity index (χ4v) is 12.4. The molecular weight excluding hydrogens is 456 g/mol. The minimum Gasteiger partial charge on any atom is -0.401 e. The van der Waals surface area contributed by atoms with Gasteiger partial charge in [-0.2, -0.15) is 0 Å². The lowest BCUT2D eigenvalue weighted by molar-refractivity contribution is 0.0211. The van der Waals surface area contributed by atoms with Gasteiger partial charge in [-0.25, -0.2) is 0 Å². The number of nitrogens with zero attached hydrogens (tertiary/aromatic N) is 2. The fraction of sp³-hybridized carbons (Fsp3) is 0.438. The molecule has 36 heavy (non-hydrogen) atoms. The van der Waals surface area contributed by atoms with Crippen molar-refractivity contribution in [2.75, 3.05) is 13.6 Å². The van der Waals surface area contributed by atoms with E-state index in [-0.39, 0.29) is 11.1 Å². The molecular formula is C32H40N2OSi. The first-order chi connectivity index (χ1) is 17.4. The highest BCUT2D eigenvalue weighted by molar-refractivity contribution is 6.99. The Morgan fingerprint density at radius 2 is 1.31 bits per heavy atom. The molecule has 4 heteroatoms. The standard InChI is InChI=1S/C32H40N2OSi/c1-32(2,3)36(26-16-10-6-11-17-26,27-18-12-7-13-19-27)35-31-29-21-25-20-28(33(29)4)30(31)34(23-25)22-24-14-8-5-9-15-24/h5-19,25,28-31H,20-23H2,1-4H3. The van der Waals surface area contributed by atoms with E-state index in [1.807, 2.05) is 0 Å². The average molecular weight is 497 g/mol. The molecule has 0 spiro atoms. The maximum atomic E-state index is 7.87. The molecule has 3 saturated heterocycles. The molecule has 3 heterocycles. The Morgan fingerprint density at radius 1 is 0.778 bits per heavy atom. The minimum absolute atomic E-state index is 0.00671. The zero-order valence-electron chi connectivity index (χ0n) is 22.2. The summed E-state index contributed by atoms with van der Waals surface area (Å²) in [6.45, 7) is 9.43. The molecule has 0 radical (unpaired) electrons. The maximum absolute atomic E-state index is 7.87. The molecule has 0 aliphatic carbocycles. The van der Waals surface area contributed by atoms with E-state index in [4.69, 9.17) is 4.43 Å². The molecule has 3 bridgehead atoms. The van der Waals surface area contributed by atoms with E-state index in [0.717, 1.165) is 12.5 Å². The predicted octanol–water partition coefficient (Wildman–Crippen LogP) is 4.91. The average Bonchev–Trinajstić information content (AvgIpc) is 2.99. The largest absolute Gasteiger partial charge is 0.401 e. The molecule has 3 nitrogen and oxygen atoms in total. The van der Waals surface area contributed by atoms with Crippen LogP contribution < -0.4 is 10.4 Å². The first-order valence-electron chi connectivity index (χ1n) is 13.7. The predicted molar refractivity (Wildman–Crippen MR) is 151 cm³/mol. The van der Waals surface area contributed by atoms with Crippen LogP contribution in [0.3, 0.4) is 0 Å². The highest BCUT2D eigenvalue weighted by Gasteiger charge is 2.61. The quantitative estimate of drug-likeness (QED) is 0.451. The normalized spacial score (nSPS) is 28.5. The Kier molecular flexibility index (Phi) is 6.20. The van der Waals surface area contributed by atoms with Crippen molar-refractivity contribution in [2.24, 2.45) is 5.92 Å². The van der Waals surface area contributed by atoms with Crippen molar-refractivity contribution in [3.63, 3.8) is 0 Å². The molecule has 3 aliphatic heterocycles. The van der Waals surface area contributed by atoms with Crippen LogP contribution in [0.25, 0.3) is 0 Å². The first kappa shape index (κ1) is 24.1. The zero-order valence-corrected chi connectivity index (χ0v) is 23.2. The SMILES string of the molecule is CN1C2CC3CC1C(C2O[Si](c1ccccc1)(c1ccccc1)C(C)(C)C)N(Cc1ccccc1)C3. The second-order valence-electron chi connectivity index (χ2n) is 12.3. The Hall–Kier alpha value is -2.24. The molecule has 5 unspecified atom stereocenters. The summed E-state index contributed by atoms with van der Waals surface area (Å²) in [5.74, 6) is 0.768. The van der Waals surface area contributed by atoms with Crippen molar-refractivity contribution in [1.29, 1.82) is 0 Å². The molecule has 3 aliphatic rings. The van der Waals surface area contributed by atoms with E-state index in [1.165, 1.54) is 35.3 Å². The number of hydrogen-bond acceptors (Lipinski definition) is 3. The number of benzene rings is 3. The van der Waals surface area contributed by atoms with Gasteiger partial charge in [-0.3, -0.25) is 9.80 Å². The number of piperidine rings is 2. The summed E-state index contributed by atoms with van der Waals surface area (Å²) in [5, 5.41) is 2.77. The summed E-state index contributed by atoms with van der Waals surface area (Å²) in [6, 6.07) is 34.9. The van der Waals surface area contributed by atoms with E-state index >= 15 is 0 Å². The van der Waals surface area contributed by atoms with Gasteiger partial charge >= 0.3 is 0 Å². The lowest BCUT2D eigenvalue weighted by Crippen LogP contribution is -2.69. The lowest BCUT2D eigenvalue weighted by Gasteiger charge is -2.47. The molecule has 3 fully saturated rings. The van der Waals surface area contributed by atoms with Crippen LogP contribution in [0.1, 0.15) is 39.2 Å². The Labute approximate surface area is 218 Å². The molecule has 0 amide bonds. The van der Waals surface area contributed by atoms with Crippen molar-refractivity contribution in [1.82, 2.24) is 9.80 Å². The summed E-state index contributed by atoms with van der Waals surface area (Å²) < 4.78 is 7.87. The van der Waals surface area contributed by atoms with Gasteiger partial charge in [0.05, 0.1) is 12.1 Å². The van der Waals surface area contributed by atoms with Crippen LogP contribution in [0.15, 0.2) is 91.0 Å². The van der Waals surface area contributed by atoms with Crippen LogP contribution in [-0.2, 0) is 11.0 Å². The smallest absolute Gasteiger partial charge is 0.261 e. The summed E-state index contributed by atoms with van der Waals surface area (Å²) in [5.41, 5.74) is 1.41. The Morgan fingerprint density at radius 3 is 1.86 bits per heavy atom. The van der Waals surface area contributed by atoms with Crippen LogP contribution in [-0.4, -0.2) is 55.9 Å². The molecule has 188 valence electrons.